The van der Waals surface area contributed by atoms with Crippen molar-refractivity contribution in [3.05, 3.63) is 16.4 Å². The second-order valence-corrected chi connectivity index (χ2v) is 3.75. The van der Waals surface area contributed by atoms with Crippen molar-refractivity contribution in [2.24, 2.45) is 0 Å². The zero-order valence-corrected chi connectivity index (χ0v) is 10.4. The van der Waals surface area contributed by atoms with Crippen LogP contribution in [0.15, 0.2) is 6.33 Å². The number of nitro groups is 1. The number of hydrogen-bond donors (Lipinski definition) is 3. The van der Waals surface area contributed by atoms with Crippen molar-refractivity contribution >= 4 is 17.3 Å². The van der Waals surface area contributed by atoms with E-state index in [1.165, 1.54) is 6.33 Å². The van der Waals surface area contributed by atoms with Gasteiger partial charge in [0, 0.05) is 13.6 Å². The van der Waals surface area contributed by atoms with Gasteiger partial charge in [0.05, 0.1) is 11.0 Å². The Hall–Kier alpha value is -1.96. The first-order chi connectivity index (χ1) is 8.60. The summed E-state index contributed by atoms with van der Waals surface area (Å²) in [5.74, 6) is 0.247. The highest BCUT2D eigenvalue weighted by Crippen LogP contribution is 2.28. The van der Waals surface area contributed by atoms with Crippen molar-refractivity contribution in [3.8, 4) is 0 Å². The molecular formula is C10H17N5O3. The molecular weight excluding hydrogens is 238 g/mol. The molecule has 0 aliphatic heterocycles. The molecule has 0 spiro atoms. The van der Waals surface area contributed by atoms with Crippen LogP contribution in [0.1, 0.15) is 19.8 Å². The summed E-state index contributed by atoms with van der Waals surface area (Å²) in [5.41, 5.74) is -0.219. The predicted molar refractivity (Wildman–Crippen MR) is 67.6 cm³/mol. The van der Waals surface area contributed by atoms with E-state index in [4.69, 9.17) is 0 Å². The summed E-state index contributed by atoms with van der Waals surface area (Å²) in [6.07, 6.45) is 2.15. The number of aromatic nitrogens is 2. The SMILES string of the molecule is CCCC(O)CNc1ncnc(NC)c1[N+](=O)[O-]. The Bertz CT molecular complexity index is 412. The van der Waals surface area contributed by atoms with Crippen LogP contribution in [0.3, 0.4) is 0 Å². The number of nitrogens with zero attached hydrogens (tertiary/aromatic N) is 3. The van der Waals surface area contributed by atoms with Gasteiger partial charge in [-0.15, -0.1) is 0 Å². The maximum Gasteiger partial charge on any atom is 0.353 e. The molecule has 0 aliphatic carbocycles. The van der Waals surface area contributed by atoms with Gasteiger partial charge in [-0.25, -0.2) is 9.97 Å². The van der Waals surface area contributed by atoms with E-state index in [0.29, 0.717) is 6.42 Å². The normalized spacial score (nSPS) is 11.9. The smallest absolute Gasteiger partial charge is 0.353 e. The maximum absolute atomic E-state index is 11.0. The molecule has 0 amide bonds. The molecule has 1 aromatic rings. The molecule has 3 N–H and O–H groups in total. The zero-order chi connectivity index (χ0) is 13.5. The number of aliphatic hydroxyl groups excluding tert-OH is 1. The minimum Gasteiger partial charge on any atom is -0.391 e. The molecule has 0 saturated carbocycles. The van der Waals surface area contributed by atoms with Crippen LogP contribution < -0.4 is 10.6 Å². The van der Waals surface area contributed by atoms with E-state index in [-0.39, 0.29) is 23.9 Å². The summed E-state index contributed by atoms with van der Waals surface area (Å²) in [5, 5.41) is 25.9. The molecule has 0 bridgehead atoms. The Labute approximate surface area is 105 Å². The first kappa shape index (κ1) is 14.1. The predicted octanol–water partition coefficient (Wildman–Crippen LogP) is 0.999. The maximum atomic E-state index is 11.0. The lowest BCUT2D eigenvalue weighted by atomic mass is 10.2. The highest BCUT2D eigenvalue weighted by Gasteiger charge is 2.22. The number of aliphatic hydroxyl groups is 1. The molecule has 0 fully saturated rings. The number of hydrogen-bond acceptors (Lipinski definition) is 7. The van der Waals surface area contributed by atoms with E-state index in [0.717, 1.165) is 6.42 Å². The second kappa shape index (κ2) is 6.70. The van der Waals surface area contributed by atoms with Gasteiger partial charge in [-0.1, -0.05) is 13.3 Å². The fourth-order valence-electron chi connectivity index (χ4n) is 1.51. The van der Waals surface area contributed by atoms with E-state index >= 15 is 0 Å². The summed E-state index contributed by atoms with van der Waals surface area (Å²) in [4.78, 5) is 18.0. The van der Waals surface area contributed by atoms with E-state index in [1.807, 2.05) is 6.92 Å². The third-order valence-corrected chi connectivity index (χ3v) is 2.37. The molecule has 1 rings (SSSR count). The van der Waals surface area contributed by atoms with Crippen LogP contribution in [0.5, 0.6) is 0 Å². The third-order valence-electron chi connectivity index (χ3n) is 2.37. The van der Waals surface area contributed by atoms with Gasteiger partial charge < -0.3 is 15.7 Å². The van der Waals surface area contributed by atoms with Gasteiger partial charge in [0.2, 0.25) is 11.6 Å². The Morgan fingerprint density at radius 3 is 2.72 bits per heavy atom. The number of rotatable bonds is 7. The lowest BCUT2D eigenvalue weighted by Crippen LogP contribution is -2.20. The van der Waals surface area contributed by atoms with Crippen LogP contribution in [0.4, 0.5) is 17.3 Å². The monoisotopic (exact) mass is 255 g/mol. The Kier molecular flexibility index (Phi) is 5.25. The molecule has 1 atom stereocenters. The van der Waals surface area contributed by atoms with Gasteiger partial charge in [-0.05, 0) is 6.42 Å². The van der Waals surface area contributed by atoms with Crippen LogP contribution in [-0.4, -0.2) is 39.7 Å². The first-order valence-electron chi connectivity index (χ1n) is 5.69. The summed E-state index contributed by atoms with van der Waals surface area (Å²) >= 11 is 0. The molecule has 0 radical (unpaired) electrons. The highest BCUT2D eigenvalue weighted by molar-refractivity contribution is 5.68. The summed E-state index contributed by atoms with van der Waals surface area (Å²) < 4.78 is 0. The van der Waals surface area contributed by atoms with Gasteiger partial charge in [0.1, 0.15) is 6.33 Å². The van der Waals surface area contributed by atoms with Crippen molar-refractivity contribution in [2.45, 2.75) is 25.9 Å². The molecule has 0 saturated heterocycles. The molecule has 100 valence electrons. The molecule has 0 aromatic carbocycles. The summed E-state index contributed by atoms with van der Waals surface area (Å²) in [7, 11) is 1.55. The Morgan fingerprint density at radius 1 is 1.50 bits per heavy atom. The average molecular weight is 255 g/mol. The van der Waals surface area contributed by atoms with Crippen molar-refractivity contribution in [3.63, 3.8) is 0 Å². The standard InChI is InChI=1S/C10H17N5O3/c1-3-4-7(16)5-12-10-8(15(17)18)9(11-2)13-6-14-10/h6-7,16H,3-5H2,1-2H3,(H2,11,12,13,14). The first-order valence-corrected chi connectivity index (χ1v) is 5.69. The van der Waals surface area contributed by atoms with E-state index < -0.39 is 11.0 Å². The average Bonchev–Trinajstić information content (AvgIpc) is 2.35. The van der Waals surface area contributed by atoms with Crippen LogP contribution in [0.25, 0.3) is 0 Å². The van der Waals surface area contributed by atoms with Crippen molar-refractivity contribution in [2.75, 3.05) is 24.2 Å². The van der Waals surface area contributed by atoms with Gasteiger partial charge in [-0.3, -0.25) is 10.1 Å². The van der Waals surface area contributed by atoms with E-state index in [9.17, 15) is 15.2 Å². The van der Waals surface area contributed by atoms with Gasteiger partial charge in [0.25, 0.3) is 0 Å². The Balaban J connectivity index is 2.85. The minimum atomic E-state index is -0.555. The fraction of sp³-hybridized carbons (Fsp3) is 0.600. The molecule has 8 heteroatoms. The molecule has 1 heterocycles. The topological polar surface area (TPSA) is 113 Å². The van der Waals surface area contributed by atoms with Gasteiger partial charge in [0.15, 0.2) is 0 Å². The van der Waals surface area contributed by atoms with Crippen LogP contribution >= 0.6 is 0 Å². The van der Waals surface area contributed by atoms with Crippen LogP contribution in [-0.2, 0) is 0 Å². The highest BCUT2D eigenvalue weighted by atomic mass is 16.6. The minimum absolute atomic E-state index is 0.106. The summed E-state index contributed by atoms with van der Waals surface area (Å²) in [6.45, 7) is 2.17. The van der Waals surface area contributed by atoms with E-state index in [1.54, 1.807) is 7.05 Å². The quantitative estimate of drug-likeness (QED) is 0.492. The van der Waals surface area contributed by atoms with Crippen molar-refractivity contribution in [1.82, 2.24) is 9.97 Å². The van der Waals surface area contributed by atoms with Crippen molar-refractivity contribution < 1.29 is 10.0 Å². The largest absolute Gasteiger partial charge is 0.391 e. The van der Waals surface area contributed by atoms with Gasteiger partial charge in [-0.2, -0.15) is 0 Å². The Morgan fingerprint density at radius 2 is 2.17 bits per heavy atom. The molecule has 0 aliphatic rings. The third kappa shape index (κ3) is 3.52. The molecule has 8 nitrogen and oxygen atoms in total. The summed E-state index contributed by atoms with van der Waals surface area (Å²) in [6, 6.07) is 0. The van der Waals surface area contributed by atoms with Crippen molar-refractivity contribution in [1.29, 1.82) is 0 Å². The van der Waals surface area contributed by atoms with Crippen LogP contribution in [0, 0.1) is 10.1 Å². The lowest BCUT2D eigenvalue weighted by molar-refractivity contribution is -0.383. The van der Waals surface area contributed by atoms with Crippen LogP contribution in [0.2, 0.25) is 0 Å². The fourth-order valence-corrected chi connectivity index (χ4v) is 1.51. The van der Waals surface area contributed by atoms with Gasteiger partial charge >= 0.3 is 5.69 Å². The number of anilines is 2. The second-order valence-electron chi connectivity index (χ2n) is 3.75. The number of nitrogens with one attached hydrogen (secondary N) is 2. The molecule has 18 heavy (non-hydrogen) atoms. The van der Waals surface area contributed by atoms with E-state index in [2.05, 4.69) is 20.6 Å². The molecule has 1 aromatic heterocycles. The zero-order valence-electron chi connectivity index (χ0n) is 10.4. The molecule has 1 unspecified atom stereocenters. The lowest BCUT2D eigenvalue weighted by Gasteiger charge is -2.11.